The molecule has 34 heavy (non-hydrogen) atoms. The molecule has 1 aliphatic carbocycles. The van der Waals surface area contributed by atoms with Gasteiger partial charge in [0.25, 0.3) is 5.91 Å². The maximum atomic E-state index is 13.2. The molecule has 3 aromatic rings. The summed E-state index contributed by atoms with van der Waals surface area (Å²) in [5.41, 5.74) is 2.81. The van der Waals surface area contributed by atoms with E-state index in [1.165, 1.54) is 37.8 Å². The van der Waals surface area contributed by atoms with E-state index in [-0.39, 0.29) is 5.91 Å². The SMILES string of the molecule is COc1ccc(N2CCN(c3cc(C(=O)NCC4CCCCC4)c4ccccc4n3)CC2)cc1. The number of hydrogen-bond acceptors (Lipinski definition) is 5. The molecule has 6 heteroatoms. The lowest BCUT2D eigenvalue weighted by molar-refractivity contribution is 0.0945. The second kappa shape index (κ2) is 10.3. The number of pyridine rings is 1. The molecule has 0 radical (unpaired) electrons. The van der Waals surface area contributed by atoms with Gasteiger partial charge in [0.1, 0.15) is 11.6 Å². The first-order valence-corrected chi connectivity index (χ1v) is 12.5. The summed E-state index contributed by atoms with van der Waals surface area (Å²) in [6, 6.07) is 18.2. The topological polar surface area (TPSA) is 57.7 Å². The highest BCUT2D eigenvalue weighted by Crippen LogP contribution is 2.27. The summed E-state index contributed by atoms with van der Waals surface area (Å²) in [7, 11) is 1.69. The summed E-state index contributed by atoms with van der Waals surface area (Å²) in [6.07, 6.45) is 6.34. The van der Waals surface area contributed by atoms with Crippen molar-refractivity contribution in [1.29, 1.82) is 0 Å². The summed E-state index contributed by atoms with van der Waals surface area (Å²) in [4.78, 5) is 22.9. The first-order chi connectivity index (χ1) is 16.7. The fraction of sp³-hybridized carbons (Fsp3) is 0.429. The zero-order chi connectivity index (χ0) is 23.3. The van der Waals surface area contributed by atoms with Crippen LogP contribution in [0.1, 0.15) is 42.5 Å². The third-order valence-corrected chi connectivity index (χ3v) is 7.26. The maximum Gasteiger partial charge on any atom is 0.252 e. The first kappa shape index (κ1) is 22.5. The number of piperazine rings is 1. The number of hydrogen-bond donors (Lipinski definition) is 1. The molecular weight excluding hydrogens is 424 g/mol. The summed E-state index contributed by atoms with van der Waals surface area (Å²) >= 11 is 0. The van der Waals surface area contributed by atoms with Crippen molar-refractivity contribution >= 4 is 28.3 Å². The van der Waals surface area contributed by atoms with Gasteiger partial charge < -0.3 is 19.9 Å². The number of anilines is 2. The number of carbonyl (C=O) groups is 1. The van der Waals surface area contributed by atoms with E-state index in [9.17, 15) is 4.79 Å². The maximum absolute atomic E-state index is 13.2. The van der Waals surface area contributed by atoms with Gasteiger partial charge in [0.05, 0.1) is 18.2 Å². The second-order valence-electron chi connectivity index (χ2n) is 9.43. The van der Waals surface area contributed by atoms with Crippen LogP contribution in [0.5, 0.6) is 5.75 Å². The molecule has 1 saturated heterocycles. The van der Waals surface area contributed by atoms with Crippen LogP contribution in [-0.2, 0) is 0 Å². The molecule has 0 spiro atoms. The molecule has 1 amide bonds. The number of rotatable bonds is 6. The van der Waals surface area contributed by atoms with Crippen molar-refractivity contribution in [3.8, 4) is 5.75 Å². The van der Waals surface area contributed by atoms with E-state index in [0.717, 1.165) is 60.8 Å². The van der Waals surface area contributed by atoms with E-state index < -0.39 is 0 Å². The fourth-order valence-electron chi connectivity index (χ4n) is 5.22. The van der Waals surface area contributed by atoms with E-state index in [0.29, 0.717) is 5.92 Å². The van der Waals surface area contributed by atoms with Crippen molar-refractivity contribution in [3.63, 3.8) is 0 Å². The molecule has 0 unspecified atom stereocenters. The van der Waals surface area contributed by atoms with Crippen molar-refractivity contribution in [2.75, 3.05) is 49.6 Å². The summed E-state index contributed by atoms with van der Waals surface area (Å²) in [5, 5.41) is 4.15. The molecule has 1 aliphatic heterocycles. The quantitative estimate of drug-likeness (QED) is 0.571. The highest BCUT2D eigenvalue weighted by atomic mass is 16.5. The van der Waals surface area contributed by atoms with Crippen LogP contribution in [0, 0.1) is 5.92 Å². The second-order valence-corrected chi connectivity index (χ2v) is 9.43. The first-order valence-electron chi connectivity index (χ1n) is 12.5. The van der Waals surface area contributed by atoms with Gasteiger partial charge in [-0.2, -0.15) is 0 Å². The number of nitrogens with zero attached hydrogens (tertiary/aromatic N) is 3. The molecule has 1 aromatic heterocycles. The van der Waals surface area contributed by atoms with Gasteiger partial charge >= 0.3 is 0 Å². The zero-order valence-corrected chi connectivity index (χ0v) is 20.0. The summed E-state index contributed by atoms with van der Waals surface area (Å²) in [6.45, 7) is 4.31. The van der Waals surface area contributed by atoms with Crippen LogP contribution in [-0.4, -0.2) is 50.7 Å². The molecule has 2 heterocycles. The van der Waals surface area contributed by atoms with E-state index >= 15 is 0 Å². The van der Waals surface area contributed by atoms with Crippen LogP contribution < -0.4 is 19.9 Å². The lowest BCUT2D eigenvalue weighted by atomic mass is 9.89. The van der Waals surface area contributed by atoms with Crippen LogP contribution in [0.4, 0.5) is 11.5 Å². The molecule has 1 saturated carbocycles. The number of ether oxygens (including phenoxy) is 1. The highest BCUT2D eigenvalue weighted by Gasteiger charge is 2.22. The number of methoxy groups -OCH3 is 1. The van der Waals surface area contributed by atoms with Gasteiger partial charge in [-0.1, -0.05) is 37.5 Å². The van der Waals surface area contributed by atoms with E-state index in [1.54, 1.807) is 7.11 Å². The van der Waals surface area contributed by atoms with Gasteiger partial charge in [0, 0.05) is 43.8 Å². The summed E-state index contributed by atoms with van der Waals surface area (Å²) < 4.78 is 5.28. The largest absolute Gasteiger partial charge is 0.497 e. The Kier molecular flexibility index (Phi) is 6.84. The average molecular weight is 459 g/mol. The summed E-state index contributed by atoms with van der Waals surface area (Å²) in [5.74, 6) is 2.38. The predicted molar refractivity (Wildman–Crippen MR) is 138 cm³/mol. The molecule has 178 valence electrons. The number of fused-ring (bicyclic) bond motifs is 1. The Bertz CT molecular complexity index is 1120. The Morgan fingerprint density at radius 3 is 2.41 bits per heavy atom. The van der Waals surface area contributed by atoms with Crippen LogP contribution in [0.3, 0.4) is 0 Å². The molecule has 1 N–H and O–H groups in total. The number of amides is 1. The third kappa shape index (κ3) is 4.96. The lowest BCUT2D eigenvalue weighted by Gasteiger charge is -2.37. The van der Waals surface area contributed by atoms with Crippen molar-refractivity contribution in [2.45, 2.75) is 32.1 Å². The van der Waals surface area contributed by atoms with Gasteiger partial charge in [-0.15, -0.1) is 0 Å². The predicted octanol–water partition coefficient (Wildman–Crippen LogP) is 4.88. The van der Waals surface area contributed by atoms with Crippen molar-refractivity contribution in [1.82, 2.24) is 10.3 Å². The Hall–Kier alpha value is -3.28. The smallest absolute Gasteiger partial charge is 0.252 e. The number of nitrogens with one attached hydrogen (secondary N) is 1. The van der Waals surface area contributed by atoms with Gasteiger partial charge in [0.2, 0.25) is 0 Å². The van der Waals surface area contributed by atoms with Crippen molar-refractivity contribution < 1.29 is 9.53 Å². The molecule has 0 atom stereocenters. The monoisotopic (exact) mass is 458 g/mol. The molecule has 2 aromatic carbocycles. The molecule has 0 bridgehead atoms. The molecule has 6 nitrogen and oxygen atoms in total. The number of benzene rings is 2. The van der Waals surface area contributed by atoms with Crippen molar-refractivity contribution in [2.24, 2.45) is 5.92 Å². The highest BCUT2D eigenvalue weighted by molar-refractivity contribution is 6.07. The Morgan fingerprint density at radius 2 is 1.68 bits per heavy atom. The van der Waals surface area contributed by atoms with Crippen LogP contribution >= 0.6 is 0 Å². The molecule has 2 fully saturated rings. The number of aromatic nitrogens is 1. The normalized spacial score (nSPS) is 17.1. The third-order valence-electron chi connectivity index (χ3n) is 7.26. The van der Waals surface area contributed by atoms with Crippen LogP contribution in [0.25, 0.3) is 10.9 Å². The minimum absolute atomic E-state index is 0.0160. The Labute approximate surface area is 201 Å². The van der Waals surface area contributed by atoms with Crippen LogP contribution in [0.2, 0.25) is 0 Å². The minimum Gasteiger partial charge on any atom is -0.497 e. The van der Waals surface area contributed by atoms with E-state index in [1.807, 2.05) is 42.5 Å². The van der Waals surface area contributed by atoms with Gasteiger partial charge in [-0.3, -0.25) is 4.79 Å². The van der Waals surface area contributed by atoms with E-state index in [2.05, 4.69) is 27.2 Å². The van der Waals surface area contributed by atoms with Gasteiger partial charge in [0.15, 0.2) is 0 Å². The average Bonchev–Trinajstić information content (AvgIpc) is 2.92. The van der Waals surface area contributed by atoms with Gasteiger partial charge in [-0.05, 0) is 55.2 Å². The molecule has 2 aliphatic rings. The number of carbonyl (C=O) groups excluding carboxylic acids is 1. The van der Waals surface area contributed by atoms with E-state index in [4.69, 9.17) is 9.72 Å². The fourth-order valence-corrected chi connectivity index (χ4v) is 5.22. The molecular formula is C28H34N4O2. The Morgan fingerprint density at radius 1 is 0.971 bits per heavy atom. The number of para-hydroxylation sites is 1. The van der Waals surface area contributed by atoms with Gasteiger partial charge in [-0.25, -0.2) is 4.98 Å². The Balaban J connectivity index is 1.31. The lowest BCUT2D eigenvalue weighted by Crippen LogP contribution is -2.47. The molecule has 5 rings (SSSR count). The standard InChI is InChI=1S/C28H34N4O2/c1-34-23-13-11-22(12-14-23)31-15-17-32(18-16-31)27-19-25(24-9-5-6-10-26(24)30-27)28(33)29-20-21-7-3-2-4-8-21/h5-6,9-14,19,21H,2-4,7-8,15-18,20H2,1H3,(H,29,33). The van der Waals surface area contributed by atoms with Crippen LogP contribution in [0.15, 0.2) is 54.6 Å². The van der Waals surface area contributed by atoms with Crippen molar-refractivity contribution in [3.05, 3.63) is 60.2 Å². The zero-order valence-electron chi connectivity index (χ0n) is 20.0. The minimum atomic E-state index is 0.0160.